The number of alkyl halides is 2. The van der Waals surface area contributed by atoms with E-state index in [4.69, 9.17) is 44.3 Å². The Morgan fingerprint density at radius 2 is 1.56 bits per heavy atom. The molecule has 182 valence electrons. The van der Waals surface area contributed by atoms with Crippen molar-refractivity contribution in [1.82, 2.24) is 5.32 Å². The van der Waals surface area contributed by atoms with Crippen LogP contribution >= 0.6 is 34.8 Å². The van der Waals surface area contributed by atoms with Crippen molar-refractivity contribution in [2.45, 2.75) is 71.6 Å². The maximum absolute atomic E-state index is 12.5. The quantitative estimate of drug-likeness (QED) is 0.319. The Morgan fingerprint density at radius 1 is 1.00 bits per heavy atom. The first-order valence-corrected chi connectivity index (χ1v) is 12.1. The lowest BCUT2D eigenvalue weighted by Crippen LogP contribution is -2.42. The SMILES string of the molecule is CC(C)(C)OC(=O)CC(Cc1cc(N(CCCl)CCCl)ccc1Cl)NC(=O)OC(C)(C)C. The number of hydrogen-bond acceptors (Lipinski definition) is 5. The highest BCUT2D eigenvalue weighted by Crippen LogP contribution is 2.26. The number of halogens is 3. The van der Waals surface area contributed by atoms with Gasteiger partial charge in [-0.2, -0.15) is 0 Å². The smallest absolute Gasteiger partial charge is 0.407 e. The molecule has 1 rings (SSSR count). The normalized spacial score (nSPS) is 12.8. The molecule has 1 unspecified atom stereocenters. The summed E-state index contributed by atoms with van der Waals surface area (Å²) in [6, 6.07) is 5.05. The van der Waals surface area contributed by atoms with Gasteiger partial charge in [0.15, 0.2) is 0 Å². The van der Waals surface area contributed by atoms with Gasteiger partial charge in [0.1, 0.15) is 11.2 Å². The van der Waals surface area contributed by atoms with Crippen LogP contribution in [0.2, 0.25) is 5.02 Å². The summed E-state index contributed by atoms with van der Waals surface area (Å²) < 4.78 is 10.8. The minimum absolute atomic E-state index is 0.0237. The minimum atomic E-state index is -0.665. The Bertz CT molecular complexity index is 725. The van der Waals surface area contributed by atoms with E-state index in [1.807, 2.05) is 12.1 Å². The lowest BCUT2D eigenvalue weighted by Gasteiger charge is -2.26. The average molecular weight is 510 g/mol. The van der Waals surface area contributed by atoms with Crippen molar-refractivity contribution in [3.05, 3.63) is 28.8 Å². The van der Waals surface area contributed by atoms with E-state index < -0.39 is 29.3 Å². The van der Waals surface area contributed by atoms with Gasteiger partial charge in [-0.25, -0.2) is 4.79 Å². The van der Waals surface area contributed by atoms with Crippen LogP contribution in [0.15, 0.2) is 18.2 Å². The Kier molecular flexibility index (Phi) is 11.4. The van der Waals surface area contributed by atoms with Crippen LogP contribution in [0.3, 0.4) is 0 Å². The van der Waals surface area contributed by atoms with Crippen LogP contribution in [-0.2, 0) is 20.7 Å². The van der Waals surface area contributed by atoms with E-state index >= 15 is 0 Å². The number of anilines is 1. The molecule has 1 N–H and O–H groups in total. The maximum Gasteiger partial charge on any atom is 0.407 e. The van der Waals surface area contributed by atoms with Crippen LogP contribution in [0.25, 0.3) is 0 Å². The largest absolute Gasteiger partial charge is 0.460 e. The molecule has 6 nitrogen and oxygen atoms in total. The van der Waals surface area contributed by atoms with E-state index in [1.165, 1.54) is 0 Å². The summed E-state index contributed by atoms with van der Waals surface area (Å²) >= 11 is 18.3. The third-order valence-corrected chi connectivity index (χ3v) is 4.83. The number of nitrogens with one attached hydrogen (secondary N) is 1. The number of rotatable bonds is 10. The van der Waals surface area contributed by atoms with Gasteiger partial charge in [-0.15, -0.1) is 23.2 Å². The summed E-state index contributed by atoms with van der Waals surface area (Å²) in [5.74, 6) is 0.490. The number of carbonyl (C=O) groups excluding carboxylic acids is 2. The summed E-state index contributed by atoms with van der Waals surface area (Å²) in [4.78, 5) is 26.9. The van der Waals surface area contributed by atoms with Gasteiger partial charge in [-0.05, 0) is 71.7 Å². The van der Waals surface area contributed by atoms with E-state index in [1.54, 1.807) is 47.6 Å². The summed E-state index contributed by atoms with van der Waals surface area (Å²) in [6.45, 7) is 12.0. The molecule has 1 amide bonds. The topological polar surface area (TPSA) is 67.9 Å². The van der Waals surface area contributed by atoms with Crippen molar-refractivity contribution in [2.75, 3.05) is 29.7 Å². The molecule has 1 aromatic carbocycles. The van der Waals surface area contributed by atoms with Crippen molar-refractivity contribution >= 4 is 52.6 Å². The predicted octanol–water partition coefficient (Wildman–Crippen LogP) is 5.79. The molecule has 0 aliphatic heterocycles. The second-order valence-electron chi connectivity index (χ2n) is 9.48. The summed E-state index contributed by atoms with van der Waals surface area (Å²) in [7, 11) is 0. The standard InChI is InChI=1S/C23H35Cl3N2O4/c1-22(2,3)31-20(29)15-17(27-21(30)32-23(4,5)6)13-16-14-18(7-8-19(16)26)28(11-9-24)12-10-25/h7-8,14,17H,9-13,15H2,1-6H3,(H,27,30). The molecular formula is C23H35Cl3N2O4. The van der Waals surface area contributed by atoms with Crippen molar-refractivity contribution in [2.24, 2.45) is 0 Å². The van der Waals surface area contributed by atoms with E-state index in [2.05, 4.69) is 10.2 Å². The first-order chi connectivity index (χ1) is 14.7. The second kappa shape index (κ2) is 12.8. The number of hydrogen-bond donors (Lipinski definition) is 1. The number of alkyl carbamates (subject to hydrolysis) is 1. The van der Waals surface area contributed by atoms with Crippen molar-refractivity contribution in [3.63, 3.8) is 0 Å². The summed E-state index contributed by atoms with van der Waals surface area (Å²) in [5.41, 5.74) is 0.401. The molecule has 0 heterocycles. The van der Waals surface area contributed by atoms with E-state index in [0.717, 1.165) is 11.3 Å². The highest BCUT2D eigenvalue weighted by Gasteiger charge is 2.25. The molecule has 32 heavy (non-hydrogen) atoms. The summed E-state index contributed by atoms with van der Waals surface area (Å²) in [5, 5.41) is 3.32. The Labute approximate surface area is 206 Å². The maximum atomic E-state index is 12.5. The Hall–Kier alpha value is -1.37. The number of amides is 1. The van der Waals surface area contributed by atoms with Crippen molar-refractivity contribution < 1.29 is 19.1 Å². The van der Waals surface area contributed by atoms with Crippen molar-refractivity contribution in [1.29, 1.82) is 0 Å². The van der Waals surface area contributed by atoms with Crippen LogP contribution in [0, 0.1) is 0 Å². The summed E-state index contributed by atoms with van der Waals surface area (Å²) in [6.07, 6.45) is -0.311. The van der Waals surface area contributed by atoms with Gasteiger partial charge in [0.2, 0.25) is 0 Å². The van der Waals surface area contributed by atoms with Crippen LogP contribution in [0.1, 0.15) is 53.5 Å². The lowest BCUT2D eigenvalue weighted by molar-refractivity contribution is -0.155. The molecular weight excluding hydrogens is 475 g/mol. The number of ether oxygens (including phenoxy) is 2. The zero-order chi connectivity index (χ0) is 24.5. The van der Waals surface area contributed by atoms with Gasteiger partial charge >= 0.3 is 12.1 Å². The van der Waals surface area contributed by atoms with Crippen molar-refractivity contribution in [3.8, 4) is 0 Å². The fraction of sp³-hybridized carbons (Fsp3) is 0.652. The number of benzene rings is 1. The third kappa shape index (κ3) is 11.5. The average Bonchev–Trinajstić information content (AvgIpc) is 2.60. The fourth-order valence-corrected chi connectivity index (χ4v) is 3.59. The molecule has 0 bridgehead atoms. The fourth-order valence-electron chi connectivity index (χ4n) is 2.99. The second-order valence-corrected chi connectivity index (χ2v) is 10.6. The van der Waals surface area contributed by atoms with Gasteiger partial charge in [-0.1, -0.05) is 11.6 Å². The Morgan fingerprint density at radius 3 is 2.06 bits per heavy atom. The van der Waals surface area contributed by atoms with Crippen LogP contribution in [-0.4, -0.2) is 54.2 Å². The molecule has 0 saturated heterocycles. The van der Waals surface area contributed by atoms with E-state index in [-0.39, 0.29) is 6.42 Å². The monoisotopic (exact) mass is 508 g/mol. The van der Waals surface area contributed by atoms with Crippen LogP contribution < -0.4 is 10.2 Å². The molecule has 0 spiro atoms. The first kappa shape index (κ1) is 28.7. The Balaban J connectivity index is 3.12. The molecule has 0 radical (unpaired) electrons. The van der Waals surface area contributed by atoms with E-state index in [0.29, 0.717) is 36.3 Å². The first-order valence-electron chi connectivity index (χ1n) is 10.6. The number of carbonyl (C=O) groups is 2. The molecule has 0 saturated carbocycles. The minimum Gasteiger partial charge on any atom is -0.460 e. The van der Waals surface area contributed by atoms with Gasteiger partial charge in [0.05, 0.1) is 6.42 Å². The van der Waals surface area contributed by atoms with Gasteiger partial charge in [-0.3, -0.25) is 4.79 Å². The molecule has 0 aliphatic rings. The lowest BCUT2D eigenvalue weighted by atomic mass is 10.0. The van der Waals surface area contributed by atoms with E-state index in [9.17, 15) is 9.59 Å². The molecule has 0 aromatic heterocycles. The van der Waals surface area contributed by atoms with Gasteiger partial charge < -0.3 is 19.7 Å². The predicted molar refractivity (Wildman–Crippen MR) is 132 cm³/mol. The highest BCUT2D eigenvalue weighted by atomic mass is 35.5. The molecule has 1 atom stereocenters. The third-order valence-electron chi connectivity index (χ3n) is 4.12. The number of nitrogens with zero attached hydrogens (tertiary/aromatic N) is 1. The number of esters is 1. The zero-order valence-corrected chi connectivity index (χ0v) is 22.0. The molecule has 0 fully saturated rings. The van der Waals surface area contributed by atoms with Gasteiger partial charge in [0.25, 0.3) is 0 Å². The van der Waals surface area contributed by atoms with Gasteiger partial charge in [0, 0.05) is 41.6 Å². The zero-order valence-electron chi connectivity index (χ0n) is 19.8. The van der Waals surface area contributed by atoms with Crippen LogP contribution in [0.5, 0.6) is 0 Å². The van der Waals surface area contributed by atoms with Crippen LogP contribution in [0.4, 0.5) is 10.5 Å². The highest BCUT2D eigenvalue weighted by molar-refractivity contribution is 6.31. The molecule has 1 aromatic rings. The molecule has 9 heteroatoms. The molecule has 0 aliphatic carbocycles.